The molecule has 0 aliphatic heterocycles. The Morgan fingerprint density at radius 1 is 0.829 bits per heavy atom. The van der Waals surface area contributed by atoms with Crippen LogP contribution in [0.5, 0.6) is 0 Å². The van der Waals surface area contributed by atoms with Gasteiger partial charge in [-0.1, -0.05) is 129 Å². The second-order valence-electron chi connectivity index (χ2n) is 8.36. The number of rotatable bonds is 9. The van der Waals surface area contributed by atoms with Crippen LogP contribution in [-0.2, 0) is 0 Å². The molecule has 172 valence electrons. The lowest BCUT2D eigenvalue weighted by molar-refractivity contribution is 0.923. The average molecular weight is 454 g/mol. The highest BCUT2D eigenvalue weighted by atomic mass is 14.8. The molecule has 0 radical (unpaired) electrons. The van der Waals surface area contributed by atoms with Crippen molar-refractivity contribution in [1.82, 2.24) is 0 Å². The Balaban J connectivity index is 1.59. The highest BCUT2D eigenvalue weighted by molar-refractivity contribution is 5.74. The van der Waals surface area contributed by atoms with E-state index in [-0.39, 0.29) is 0 Å². The van der Waals surface area contributed by atoms with E-state index in [2.05, 4.69) is 103 Å². The molecule has 1 nitrogen and oxygen atoms in total. The summed E-state index contributed by atoms with van der Waals surface area (Å²) in [7, 11) is 0. The molecule has 1 heteroatoms. The number of nitrogens with one attached hydrogen (secondary N) is 1. The van der Waals surface area contributed by atoms with Crippen molar-refractivity contribution in [1.29, 1.82) is 0 Å². The van der Waals surface area contributed by atoms with Crippen molar-refractivity contribution in [3.8, 4) is 11.1 Å². The van der Waals surface area contributed by atoms with Gasteiger partial charge in [-0.25, -0.2) is 0 Å². The first-order valence-corrected chi connectivity index (χ1v) is 12.0. The SMILES string of the molecule is C=C\C=C/C=C/C(C=C)=C/C=C/Nc1ccc(C2C=c3ccccc3=CC2)c(-c2ccccc2)c1. The minimum atomic E-state index is 0.352. The average Bonchev–Trinajstić information content (AvgIpc) is 2.92. The summed E-state index contributed by atoms with van der Waals surface area (Å²) >= 11 is 0. The first kappa shape index (κ1) is 23.8. The van der Waals surface area contributed by atoms with Crippen molar-refractivity contribution in [2.45, 2.75) is 12.3 Å². The topological polar surface area (TPSA) is 12.0 Å². The standard InChI is InChI=1S/C34H31N/c1-3-5-6-8-14-27(4-2)15-13-24-35-32-22-23-33(34(26-32)29-17-9-7-10-18-29)31-21-20-28-16-11-12-19-30(28)25-31/h3-20,22-26,31,35H,1-2,21H2/b6-5-,14-8+,24-13+,27-15+. The maximum Gasteiger partial charge on any atom is 0.0386 e. The van der Waals surface area contributed by atoms with Crippen LogP contribution >= 0.6 is 0 Å². The van der Waals surface area contributed by atoms with E-state index in [1.54, 1.807) is 6.08 Å². The van der Waals surface area contributed by atoms with Gasteiger partial charge in [-0.3, -0.25) is 0 Å². The fourth-order valence-corrected chi connectivity index (χ4v) is 4.25. The van der Waals surface area contributed by atoms with Crippen molar-refractivity contribution in [3.63, 3.8) is 0 Å². The van der Waals surface area contributed by atoms with E-state index in [4.69, 9.17) is 0 Å². The predicted octanol–water partition coefficient (Wildman–Crippen LogP) is 7.44. The Kier molecular flexibility index (Phi) is 8.29. The summed E-state index contributed by atoms with van der Waals surface area (Å²) in [5.74, 6) is 0.352. The van der Waals surface area contributed by atoms with E-state index in [1.165, 1.54) is 27.1 Å². The van der Waals surface area contributed by atoms with Crippen LogP contribution in [0.1, 0.15) is 17.9 Å². The summed E-state index contributed by atoms with van der Waals surface area (Å²) in [5.41, 5.74) is 5.93. The highest BCUT2D eigenvalue weighted by Gasteiger charge is 2.16. The van der Waals surface area contributed by atoms with Crippen LogP contribution in [0.4, 0.5) is 5.69 Å². The maximum absolute atomic E-state index is 3.89. The van der Waals surface area contributed by atoms with Crippen LogP contribution in [0.25, 0.3) is 23.3 Å². The molecule has 1 N–H and O–H groups in total. The van der Waals surface area contributed by atoms with Crippen LogP contribution in [0, 0.1) is 0 Å². The van der Waals surface area contributed by atoms with Gasteiger partial charge in [0.15, 0.2) is 0 Å². The molecule has 0 bridgehead atoms. The van der Waals surface area contributed by atoms with E-state index < -0.39 is 0 Å². The van der Waals surface area contributed by atoms with Crippen molar-refractivity contribution in [2.75, 3.05) is 5.32 Å². The number of hydrogen-bond acceptors (Lipinski definition) is 1. The molecule has 0 spiro atoms. The fraction of sp³-hybridized carbons (Fsp3) is 0.0588. The molecular weight excluding hydrogens is 422 g/mol. The van der Waals surface area contributed by atoms with Gasteiger partial charge in [-0.2, -0.15) is 0 Å². The largest absolute Gasteiger partial charge is 0.362 e. The van der Waals surface area contributed by atoms with Crippen molar-refractivity contribution < 1.29 is 0 Å². The molecule has 1 aliphatic carbocycles. The molecule has 0 saturated heterocycles. The van der Waals surface area contributed by atoms with Gasteiger partial charge in [0.2, 0.25) is 0 Å². The number of anilines is 1. The highest BCUT2D eigenvalue weighted by Crippen LogP contribution is 2.35. The molecule has 0 heterocycles. The number of fused-ring (bicyclic) bond motifs is 1. The maximum atomic E-state index is 3.89. The second-order valence-corrected chi connectivity index (χ2v) is 8.36. The third-order valence-corrected chi connectivity index (χ3v) is 6.02. The smallest absolute Gasteiger partial charge is 0.0386 e. The van der Waals surface area contributed by atoms with Gasteiger partial charge in [-0.05, 0) is 57.3 Å². The summed E-state index contributed by atoms with van der Waals surface area (Å²) in [6.07, 6.45) is 23.2. The van der Waals surface area contributed by atoms with Crippen molar-refractivity contribution in [3.05, 3.63) is 162 Å². The summed E-state index contributed by atoms with van der Waals surface area (Å²) in [6, 6.07) is 25.9. The van der Waals surface area contributed by atoms with E-state index in [0.29, 0.717) is 5.92 Å². The third kappa shape index (κ3) is 6.37. The van der Waals surface area contributed by atoms with Crippen LogP contribution in [0.3, 0.4) is 0 Å². The van der Waals surface area contributed by atoms with E-state index in [0.717, 1.165) is 17.7 Å². The zero-order valence-corrected chi connectivity index (χ0v) is 20.0. The summed E-state index contributed by atoms with van der Waals surface area (Å²) in [6.45, 7) is 7.56. The monoisotopic (exact) mass is 453 g/mol. The normalized spacial score (nSPS) is 15.5. The third-order valence-electron chi connectivity index (χ3n) is 6.02. The van der Waals surface area contributed by atoms with E-state index in [9.17, 15) is 0 Å². The molecule has 3 aromatic rings. The molecule has 0 fully saturated rings. The zero-order chi connectivity index (χ0) is 24.3. The molecule has 1 atom stereocenters. The first-order chi connectivity index (χ1) is 17.3. The van der Waals surface area contributed by atoms with E-state index >= 15 is 0 Å². The van der Waals surface area contributed by atoms with Crippen LogP contribution < -0.4 is 15.8 Å². The Morgan fingerprint density at radius 3 is 2.43 bits per heavy atom. The first-order valence-electron chi connectivity index (χ1n) is 12.0. The lowest BCUT2D eigenvalue weighted by Gasteiger charge is -2.20. The molecular formula is C34H31N. The molecule has 0 saturated carbocycles. The Labute approximate surface area is 208 Å². The van der Waals surface area contributed by atoms with Crippen LogP contribution in [0.2, 0.25) is 0 Å². The molecule has 35 heavy (non-hydrogen) atoms. The minimum Gasteiger partial charge on any atom is -0.362 e. The number of allylic oxidation sites excluding steroid dienone is 9. The van der Waals surface area contributed by atoms with Gasteiger partial charge in [0.1, 0.15) is 0 Å². The van der Waals surface area contributed by atoms with Gasteiger partial charge < -0.3 is 5.32 Å². The van der Waals surface area contributed by atoms with Crippen molar-refractivity contribution >= 4 is 17.8 Å². The van der Waals surface area contributed by atoms with Gasteiger partial charge >= 0.3 is 0 Å². The second kappa shape index (κ2) is 12.2. The summed E-state index contributed by atoms with van der Waals surface area (Å²) < 4.78 is 0. The fourth-order valence-electron chi connectivity index (χ4n) is 4.25. The van der Waals surface area contributed by atoms with Crippen LogP contribution in [-0.4, -0.2) is 0 Å². The Hall–Kier alpha value is -4.36. The van der Waals surface area contributed by atoms with Gasteiger partial charge in [0.05, 0.1) is 0 Å². The molecule has 1 unspecified atom stereocenters. The van der Waals surface area contributed by atoms with E-state index in [1.807, 2.05) is 48.7 Å². The molecule has 0 aromatic heterocycles. The number of benzene rings is 3. The van der Waals surface area contributed by atoms with Gasteiger partial charge in [0.25, 0.3) is 0 Å². The van der Waals surface area contributed by atoms with Crippen LogP contribution in [0.15, 0.2) is 146 Å². The lowest BCUT2D eigenvalue weighted by Crippen LogP contribution is -2.27. The number of hydrogen-bond donors (Lipinski definition) is 1. The zero-order valence-electron chi connectivity index (χ0n) is 20.0. The molecule has 4 rings (SSSR count). The summed E-state index contributed by atoms with van der Waals surface area (Å²) in [5, 5.41) is 6.07. The lowest BCUT2D eigenvalue weighted by atomic mass is 9.85. The van der Waals surface area contributed by atoms with Crippen molar-refractivity contribution in [2.24, 2.45) is 0 Å². The molecule has 3 aromatic carbocycles. The molecule has 0 amide bonds. The Morgan fingerprint density at radius 2 is 1.63 bits per heavy atom. The van der Waals surface area contributed by atoms with Gasteiger partial charge in [0, 0.05) is 17.8 Å². The molecule has 1 aliphatic rings. The minimum absolute atomic E-state index is 0.352. The predicted molar refractivity (Wildman–Crippen MR) is 153 cm³/mol. The summed E-state index contributed by atoms with van der Waals surface area (Å²) in [4.78, 5) is 0. The quantitative estimate of drug-likeness (QED) is 0.332. The Bertz CT molecular complexity index is 1410. The van der Waals surface area contributed by atoms with Gasteiger partial charge in [-0.15, -0.1) is 0 Å².